The molecule has 23 heavy (non-hydrogen) atoms. The van der Waals surface area contributed by atoms with Crippen molar-refractivity contribution < 1.29 is 4.52 Å². The lowest BCUT2D eigenvalue weighted by atomic mass is 10.2. The zero-order chi connectivity index (χ0) is 16.4. The Kier molecular flexibility index (Phi) is 4.68. The van der Waals surface area contributed by atoms with E-state index in [9.17, 15) is 0 Å². The maximum Gasteiger partial charge on any atom is 0.239 e. The molecule has 1 atom stereocenters. The van der Waals surface area contributed by atoms with Gasteiger partial charge in [-0.05, 0) is 31.2 Å². The molecular formula is C15H16ClN5OS. The Labute approximate surface area is 143 Å². The number of nitrogens with zero attached hydrogens (tertiary/aromatic N) is 5. The summed E-state index contributed by atoms with van der Waals surface area (Å²) in [5.74, 6) is 2.10. The minimum Gasteiger partial charge on any atom is -0.338 e. The zero-order valence-corrected chi connectivity index (χ0v) is 14.6. The van der Waals surface area contributed by atoms with E-state index in [2.05, 4.69) is 20.3 Å². The molecule has 0 N–H and O–H groups in total. The summed E-state index contributed by atoms with van der Waals surface area (Å²) in [5, 5.41) is 13.9. The van der Waals surface area contributed by atoms with Gasteiger partial charge in [-0.15, -0.1) is 10.2 Å². The molecule has 0 fully saturated rings. The standard InChI is InChI=1S/C15H16ClN5OS/c1-4-12-17-14(22-20-12)9(2)23-15-19-18-13(21(15)3)10-5-7-11(16)8-6-10/h5-9H,4H2,1-3H3. The summed E-state index contributed by atoms with van der Waals surface area (Å²) >= 11 is 7.46. The predicted molar refractivity (Wildman–Crippen MR) is 89.4 cm³/mol. The first kappa shape index (κ1) is 16.0. The smallest absolute Gasteiger partial charge is 0.239 e. The molecule has 1 unspecified atom stereocenters. The highest BCUT2D eigenvalue weighted by atomic mass is 35.5. The van der Waals surface area contributed by atoms with Gasteiger partial charge in [0.15, 0.2) is 16.8 Å². The molecule has 3 aromatic rings. The molecule has 8 heteroatoms. The first-order valence-electron chi connectivity index (χ1n) is 7.23. The van der Waals surface area contributed by atoms with Crippen LogP contribution in [0.3, 0.4) is 0 Å². The van der Waals surface area contributed by atoms with Gasteiger partial charge >= 0.3 is 0 Å². The van der Waals surface area contributed by atoms with Crippen LogP contribution < -0.4 is 0 Å². The Hall–Kier alpha value is -1.86. The van der Waals surface area contributed by atoms with E-state index < -0.39 is 0 Å². The van der Waals surface area contributed by atoms with Crippen LogP contribution >= 0.6 is 23.4 Å². The van der Waals surface area contributed by atoms with Gasteiger partial charge in [-0.3, -0.25) is 0 Å². The van der Waals surface area contributed by atoms with E-state index in [-0.39, 0.29) is 5.25 Å². The van der Waals surface area contributed by atoms with E-state index in [0.29, 0.717) is 16.7 Å². The van der Waals surface area contributed by atoms with Crippen molar-refractivity contribution in [3.05, 3.63) is 41.0 Å². The summed E-state index contributed by atoms with van der Waals surface area (Å²) in [6.07, 6.45) is 0.756. The molecule has 6 nitrogen and oxygen atoms in total. The van der Waals surface area contributed by atoms with Crippen LogP contribution in [0.2, 0.25) is 5.02 Å². The molecule has 2 heterocycles. The van der Waals surface area contributed by atoms with Gasteiger partial charge in [0.1, 0.15) is 0 Å². The van der Waals surface area contributed by atoms with Crippen LogP contribution in [-0.2, 0) is 13.5 Å². The molecule has 3 rings (SSSR count). The molecule has 0 saturated carbocycles. The molecule has 1 aromatic carbocycles. The molecule has 0 spiro atoms. The summed E-state index contributed by atoms with van der Waals surface area (Å²) < 4.78 is 7.23. The molecular weight excluding hydrogens is 334 g/mol. The fraction of sp³-hybridized carbons (Fsp3) is 0.333. The largest absolute Gasteiger partial charge is 0.338 e. The summed E-state index contributed by atoms with van der Waals surface area (Å²) in [6, 6.07) is 7.53. The van der Waals surface area contributed by atoms with Crippen LogP contribution in [0.25, 0.3) is 11.4 Å². The van der Waals surface area contributed by atoms with Crippen molar-refractivity contribution in [2.45, 2.75) is 30.7 Å². The molecule has 2 aromatic heterocycles. The molecule has 120 valence electrons. The van der Waals surface area contributed by atoms with Crippen molar-refractivity contribution in [3.63, 3.8) is 0 Å². The van der Waals surface area contributed by atoms with Crippen LogP contribution in [0.5, 0.6) is 0 Å². The topological polar surface area (TPSA) is 69.6 Å². The molecule has 0 saturated heterocycles. The lowest BCUT2D eigenvalue weighted by molar-refractivity contribution is 0.375. The second-order valence-corrected chi connectivity index (χ2v) is 6.78. The Morgan fingerprint density at radius 3 is 2.65 bits per heavy atom. The van der Waals surface area contributed by atoms with Crippen LogP contribution in [0.4, 0.5) is 0 Å². The van der Waals surface area contributed by atoms with E-state index in [1.807, 2.05) is 49.7 Å². The van der Waals surface area contributed by atoms with Gasteiger partial charge in [0.2, 0.25) is 5.89 Å². The Morgan fingerprint density at radius 2 is 2.00 bits per heavy atom. The third-order valence-corrected chi connectivity index (χ3v) is 4.74. The molecule has 0 radical (unpaired) electrons. The minimum absolute atomic E-state index is 0.00349. The van der Waals surface area contributed by atoms with Crippen molar-refractivity contribution in [1.29, 1.82) is 0 Å². The lowest BCUT2D eigenvalue weighted by Gasteiger charge is -2.06. The van der Waals surface area contributed by atoms with Crippen molar-refractivity contribution >= 4 is 23.4 Å². The van der Waals surface area contributed by atoms with Gasteiger partial charge in [0.25, 0.3) is 0 Å². The first-order chi connectivity index (χ1) is 11.1. The second kappa shape index (κ2) is 6.72. The number of hydrogen-bond acceptors (Lipinski definition) is 6. The normalized spacial score (nSPS) is 12.5. The Bertz CT molecular complexity index is 799. The number of aryl methyl sites for hydroxylation is 1. The number of thioether (sulfide) groups is 1. The average molecular weight is 350 g/mol. The first-order valence-corrected chi connectivity index (χ1v) is 8.48. The molecule has 0 aliphatic rings. The van der Waals surface area contributed by atoms with Gasteiger partial charge in [0.05, 0.1) is 5.25 Å². The van der Waals surface area contributed by atoms with Gasteiger partial charge in [-0.2, -0.15) is 4.98 Å². The summed E-state index contributed by atoms with van der Waals surface area (Å²) in [7, 11) is 1.93. The zero-order valence-electron chi connectivity index (χ0n) is 13.0. The van der Waals surface area contributed by atoms with Crippen molar-refractivity contribution in [2.75, 3.05) is 0 Å². The number of rotatable bonds is 5. The fourth-order valence-corrected chi connectivity index (χ4v) is 3.02. The maximum atomic E-state index is 5.92. The van der Waals surface area contributed by atoms with Crippen LogP contribution in [0.15, 0.2) is 33.9 Å². The van der Waals surface area contributed by atoms with Crippen LogP contribution in [0, 0.1) is 0 Å². The third-order valence-electron chi connectivity index (χ3n) is 3.37. The molecule has 0 aliphatic carbocycles. The highest BCUT2D eigenvalue weighted by molar-refractivity contribution is 7.99. The molecule has 0 bridgehead atoms. The number of hydrogen-bond donors (Lipinski definition) is 0. The SMILES string of the molecule is CCc1noc(C(C)Sc2nnc(-c3ccc(Cl)cc3)n2C)n1. The van der Waals surface area contributed by atoms with Gasteiger partial charge < -0.3 is 9.09 Å². The van der Waals surface area contributed by atoms with E-state index in [4.69, 9.17) is 16.1 Å². The predicted octanol–water partition coefficient (Wildman–Crippen LogP) is 3.93. The maximum absolute atomic E-state index is 5.92. The molecule has 0 aliphatic heterocycles. The number of halogens is 1. The van der Waals surface area contributed by atoms with Crippen molar-refractivity contribution in [1.82, 2.24) is 24.9 Å². The number of aromatic nitrogens is 5. The minimum atomic E-state index is 0.00349. The second-order valence-electron chi connectivity index (χ2n) is 5.03. The number of benzene rings is 1. The Morgan fingerprint density at radius 1 is 1.26 bits per heavy atom. The molecule has 0 amide bonds. The average Bonchev–Trinajstić information content (AvgIpc) is 3.16. The quantitative estimate of drug-likeness (QED) is 0.650. The van der Waals surface area contributed by atoms with E-state index in [1.165, 1.54) is 11.8 Å². The summed E-state index contributed by atoms with van der Waals surface area (Å²) in [4.78, 5) is 4.36. The van der Waals surface area contributed by atoms with Gasteiger partial charge in [0, 0.05) is 24.1 Å². The summed E-state index contributed by atoms with van der Waals surface area (Å²) in [6.45, 7) is 4.00. The van der Waals surface area contributed by atoms with Crippen LogP contribution in [-0.4, -0.2) is 24.9 Å². The van der Waals surface area contributed by atoms with Gasteiger partial charge in [-0.25, -0.2) is 0 Å². The highest BCUT2D eigenvalue weighted by Gasteiger charge is 2.19. The monoisotopic (exact) mass is 349 g/mol. The van der Waals surface area contributed by atoms with E-state index >= 15 is 0 Å². The third kappa shape index (κ3) is 3.40. The lowest BCUT2D eigenvalue weighted by Crippen LogP contribution is -1.97. The van der Waals surface area contributed by atoms with Gasteiger partial charge in [-0.1, -0.05) is 35.4 Å². The van der Waals surface area contributed by atoms with E-state index in [1.54, 1.807) is 0 Å². The van der Waals surface area contributed by atoms with E-state index in [0.717, 1.165) is 23.0 Å². The van der Waals surface area contributed by atoms with Crippen LogP contribution in [0.1, 0.15) is 30.8 Å². The summed E-state index contributed by atoms with van der Waals surface area (Å²) in [5.41, 5.74) is 0.968. The van der Waals surface area contributed by atoms with Crippen molar-refractivity contribution in [3.8, 4) is 11.4 Å². The van der Waals surface area contributed by atoms with Crippen molar-refractivity contribution in [2.24, 2.45) is 7.05 Å². The Balaban J connectivity index is 1.80. The highest BCUT2D eigenvalue weighted by Crippen LogP contribution is 2.34. The fourth-order valence-electron chi connectivity index (χ4n) is 2.05.